The van der Waals surface area contributed by atoms with Crippen LogP contribution in [0.2, 0.25) is 0 Å². The van der Waals surface area contributed by atoms with Crippen LogP contribution in [0.5, 0.6) is 5.75 Å². The molecule has 2 amide bonds. The van der Waals surface area contributed by atoms with Crippen molar-refractivity contribution in [2.75, 3.05) is 31.1 Å². The predicted octanol–water partition coefficient (Wildman–Crippen LogP) is 1.45. The lowest BCUT2D eigenvalue weighted by molar-refractivity contribution is 0.0746. The smallest absolute Gasteiger partial charge is 0.253 e. The van der Waals surface area contributed by atoms with Crippen LogP contribution in [0.15, 0.2) is 48.5 Å². The summed E-state index contributed by atoms with van der Waals surface area (Å²) in [4.78, 5) is 27.6. The summed E-state index contributed by atoms with van der Waals surface area (Å²) in [6, 6.07) is 13.6. The first-order valence-corrected chi connectivity index (χ1v) is 7.78. The Morgan fingerprint density at radius 2 is 1.58 bits per heavy atom. The summed E-state index contributed by atoms with van der Waals surface area (Å²) in [5.74, 6) is -0.421. The maximum absolute atomic E-state index is 12.6. The quantitative estimate of drug-likeness (QED) is 0.894. The fourth-order valence-electron chi connectivity index (χ4n) is 2.87. The fourth-order valence-corrected chi connectivity index (χ4v) is 2.87. The zero-order valence-electron chi connectivity index (χ0n) is 13.2. The molecule has 3 rings (SSSR count). The van der Waals surface area contributed by atoms with E-state index in [2.05, 4.69) is 4.90 Å². The fraction of sp³-hybridized carbons (Fsp3) is 0.222. The highest BCUT2D eigenvalue weighted by atomic mass is 16.3. The van der Waals surface area contributed by atoms with Gasteiger partial charge in [-0.3, -0.25) is 9.59 Å². The molecule has 24 heavy (non-hydrogen) atoms. The SMILES string of the molecule is NC(=O)c1cccc(C(=O)N2CCN(c3ccccc3O)CC2)c1. The van der Waals surface area contributed by atoms with Gasteiger partial charge in [0.1, 0.15) is 5.75 Å². The van der Waals surface area contributed by atoms with Crippen LogP contribution in [0.25, 0.3) is 0 Å². The van der Waals surface area contributed by atoms with Gasteiger partial charge in [0.15, 0.2) is 0 Å². The molecule has 0 atom stereocenters. The number of piperazine rings is 1. The van der Waals surface area contributed by atoms with E-state index in [1.54, 1.807) is 35.2 Å². The average Bonchev–Trinajstić information content (AvgIpc) is 2.62. The summed E-state index contributed by atoms with van der Waals surface area (Å²) < 4.78 is 0. The summed E-state index contributed by atoms with van der Waals surface area (Å²) >= 11 is 0. The minimum Gasteiger partial charge on any atom is -0.506 e. The van der Waals surface area contributed by atoms with Crippen molar-refractivity contribution in [3.8, 4) is 5.75 Å². The number of amides is 2. The van der Waals surface area contributed by atoms with E-state index in [4.69, 9.17) is 5.73 Å². The van der Waals surface area contributed by atoms with Crippen molar-refractivity contribution in [1.82, 2.24) is 4.90 Å². The Kier molecular flexibility index (Phi) is 4.37. The van der Waals surface area contributed by atoms with E-state index < -0.39 is 5.91 Å². The molecule has 0 spiro atoms. The number of para-hydroxylation sites is 2. The Morgan fingerprint density at radius 3 is 2.25 bits per heavy atom. The molecule has 0 saturated carbocycles. The molecule has 0 aromatic heterocycles. The molecule has 1 aliphatic rings. The summed E-state index contributed by atoms with van der Waals surface area (Å²) in [5.41, 5.74) is 6.83. The summed E-state index contributed by atoms with van der Waals surface area (Å²) in [6.45, 7) is 2.37. The highest BCUT2D eigenvalue weighted by Gasteiger charge is 2.23. The molecule has 2 aromatic rings. The van der Waals surface area contributed by atoms with Gasteiger partial charge in [0.25, 0.3) is 5.91 Å². The Bertz CT molecular complexity index is 768. The van der Waals surface area contributed by atoms with Crippen LogP contribution in [0.4, 0.5) is 5.69 Å². The number of anilines is 1. The van der Waals surface area contributed by atoms with Gasteiger partial charge < -0.3 is 20.6 Å². The largest absolute Gasteiger partial charge is 0.506 e. The minimum atomic E-state index is -0.547. The maximum Gasteiger partial charge on any atom is 0.253 e. The zero-order valence-corrected chi connectivity index (χ0v) is 13.2. The first-order chi connectivity index (χ1) is 11.6. The monoisotopic (exact) mass is 325 g/mol. The van der Waals surface area contributed by atoms with Gasteiger partial charge in [-0.1, -0.05) is 18.2 Å². The van der Waals surface area contributed by atoms with E-state index in [0.717, 1.165) is 5.69 Å². The van der Waals surface area contributed by atoms with Gasteiger partial charge in [-0.2, -0.15) is 0 Å². The van der Waals surface area contributed by atoms with Crippen LogP contribution in [0, 0.1) is 0 Å². The van der Waals surface area contributed by atoms with Gasteiger partial charge in [0.05, 0.1) is 5.69 Å². The minimum absolute atomic E-state index is 0.116. The molecule has 1 saturated heterocycles. The molecular formula is C18H19N3O3. The van der Waals surface area contributed by atoms with Crippen LogP contribution < -0.4 is 10.6 Å². The predicted molar refractivity (Wildman–Crippen MR) is 91.2 cm³/mol. The molecule has 0 unspecified atom stereocenters. The first kappa shape index (κ1) is 15.9. The molecule has 0 aliphatic carbocycles. The van der Waals surface area contributed by atoms with Crippen molar-refractivity contribution in [3.05, 3.63) is 59.7 Å². The number of primary amides is 1. The van der Waals surface area contributed by atoms with Gasteiger partial charge in [0.2, 0.25) is 5.91 Å². The van der Waals surface area contributed by atoms with E-state index in [1.165, 1.54) is 6.07 Å². The Morgan fingerprint density at radius 1 is 0.917 bits per heavy atom. The lowest BCUT2D eigenvalue weighted by atomic mass is 10.1. The van der Waals surface area contributed by atoms with Gasteiger partial charge in [-0.05, 0) is 30.3 Å². The highest BCUT2D eigenvalue weighted by Crippen LogP contribution is 2.27. The number of rotatable bonds is 3. The molecule has 2 aromatic carbocycles. The number of nitrogens with zero attached hydrogens (tertiary/aromatic N) is 2. The third-order valence-corrected chi connectivity index (χ3v) is 4.18. The van der Waals surface area contributed by atoms with Crippen molar-refractivity contribution >= 4 is 17.5 Å². The van der Waals surface area contributed by atoms with Gasteiger partial charge in [-0.15, -0.1) is 0 Å². The van der Waals surface area contributed by atoms with E-state index in [1.807, 2.05) is 12.1 Å². The first-order valence-electron chi connectivity index (χ1n) is 7.78. The van der Waals surface area contributed by atoms with Gasteiger partial charge in [-0.25, -0.2) is 0 Å². The third kappa shape index (κ3) is 3.17. The number of nitrogens with two attached hydrogens (primary N) is 1. The molecule has 3 N–H and O–H groups in total. The number of carbonyl (C=O) groups excluding carboxylic acids is 2. The standard InChI is InChI=1S/C18H19N3O3/c19-17(23)13-4-3-5-14(12-13)18(24)21-10-8-20(9-11-21)15-6-1-2-7-16(15)22/h1-7,12,22H,8-11H2,(H2,19,23). The summed E-state index contributed by atoms with van der Waals surface area (Å²) in [7, 11) is 0. The lowest BCUT2D eigenvalue weighted by Gasteiger charge is -2.36. The van der Waals surface area contributed by atoms with Crippen molar-refractivity contribution in [2.45, 2.75) is 0 Å². The van der Waals surface area contributed by atoms with E-state index in [9.17, 15) is 14.7 Å². The molecule has 6 nitrogen and oxygen atoms in total. The molecule has 0 bridgehead atoms. The molecule has 1 heterocycles. The van der Waals surface area contributed by atoms with E-state index in [0.29, 0.717) is 37.3 Å². The van der Waals surface area contributed by atoms with Crippen molar-refractivity contribution < 1.29 is 14.7 Å². The van der Waals surface area contributed by atoms with E-state index >= 15 is 0 Å². The van der Waals surface area contributed by atoms with Crippen LogP contribution in [-0.4, -0.2) is 48.0 Å². The van der Waals surface area contributed by atoms with Gasteiger partial charge in [0, 0.05) is 37.3 Å². The van der Waals surface area contributed by atoms with Crippen LogP contribution in [-0.2, 0) is 0 Å². The highest BCUT2D eigenvalue weighted by molar-refractivity contribution is 5.99. The summed E-state index contributed by atoms with van der Waals surface area (Å²) in [5, 5.41) is 9.93. The Labute approximate surface area is 140 Å². The number of hydrogen-bond acceptors (Lipinski definition) is 4. The molecule has 1 aliphatic heterocycles. The van der Waals surface area contributed by atoms with Crippen molar-refractivity contribution in [2.24, 2.45) is 5.73 Å². The van der Waals surface area contributed by atoms with Crippen LogP contribution >= 0.6 is 0 Å². The summed E-state index contributed by atoms with van der Waals surface area (Å²) in [6.07, 6.45) is 0. The molecule has 0 radical (unpaired) electrons. The molecular weight excluding hydrogens is 306 g/mol. The number of phenolic OH excluding ortho intramolecular Hbond substituents is 1. The number of hydrogen-bond donors (Lipinski definition) is 2. The number of carbonyl (C=O) groups is 2. The maximum atomic E-state index is 12.6. The molecule has 6 heteroatoms. The van der Waals surface area contributed by atoms with Crippen LogP contribution in [0.1, 0.15) is 20.7 Å². The topological polar surface area (TPSA) is 86.9 Å². The average molecular weight is 325 g/mol. The van der Waals surface area contributed by atoms with Crippen LogP contribution in [0.3, 0.4) is 0 Å². The number of benzene rings is 2. The second-order valence-corrected chi connectivity index (χ2v) is 5.71. The lowest BCUT2D eigenvalue weighted by Crippen LogP contribution is -2.48. The van der Waals surface area contributed by atoms with Crippen molar-refractivity contribution in [3.63, 3.8) is 0 Å². The molecule has 1 fully saturated rings. The van der Waals surface area contributed by atoms with Gasteiger partial charge >= 0.3 is 0 Å². The van der Waals surface area contributed by atoms with Crippen molar-refractivity contribution in [1.29, 1.82) is 0 Å². The third-order valence-electron chi connectivity index (χ3n) is 4.18. The Balaban J connectivity index is 1.68. The second kappa shape index (κ2) is 6.62. The zero-order chi connectivity index (χ0) is 17.1. The normalized spacial score (nSPS) is 14.5. The Hall–Kier alpha value is -3.02. The number of aromatic hydroxyl groups is 1. The molecule has 124 valence electrons. The second-order valence-electron chi connectivity index (χ2n) is 5.71. The van der Waals surface area contributed by atoms with E-state index in [-0.39, 0.29) is 11.7 Å². The number of phenols is 1.